The number of hydrogen-bond acceptors (Lipinski definition) is 2. The molecule has 2 N–H and O–H groups in total. The summed E-state index contributed by atoms with van der Waals surface area (Å²) < 4.78 is 0. The molecule has 0 bridgehead atoms. The molecule has 25 heavy (non-hydrogen) atoms. The fourth-order valence-electron chi connectivity index (χ4n) is 2.35. The van der Waals surface area contributed by atoms with Gasteiger partial charge in [0.15, 0.2) is 0 Å². The van der Waals surface area contributed by atoms with Crippen LogP contribution in [0.4, 0.5) is 5.69 Å². The highest BCUT2D eigenvalue weighted by Gasteiger charge is 2.18. The molecule has 0 fully saturated rings. The van der Waals surface area contributed by atoms with E-state index in [1.165, 1.54) is 0 Å². The number of benzene rings is 2. The fraction of sp³-hybridized carbons (Fsp3) is 0.333. The van der Waals surface area contributed by atoms with Crippen LogP contribution in [0, 0.1) is 6.92 Å². The summed E-state index contributed by atoms with van der Waals surface area (Å²) in [5, 5.41) is 5.54. The van der Waals surface area contributed by atoms with Crippen LogP contribution in [0.1, 0.15) is 49.2 Å². The Morgan fingerprint density at radius 3 is 2.00 bits per heavy atom. The molecule has 2 rings (SSSR count). The molecule has 0 aromatic heterocycles. The standard InChI is InChI=1S/C21H26N2O2/c1-14-6-12-18(13-7-14)23-19(24)15(2)22-20(25)16-8-10-17(11-9-16)21(3,4)5/h6-13,15H,1-5H3,(H,22,25)(H,23,24). The molecule has 0 aliphatic rings. The fourth-order valence-corrected chi connectivity index (χ4v) is 2.35. The lowest BCUT2D eigenvalue weighted by Crippen LogP contribution is -2.41. The van der Waals surface area contributed by atoms with E-state index < -0.39 is 6.04 Å². The quantitative estimate of drug-likeness (QED) is 0.883. The van der Waals surface area contributed by atoms with E-state index in [1.54, 1.807) is 19.1 Å². The van der Waals surface area contributed by atoms with Gasteiger partial charge < -0.3 is 10.6 Å². The number of carbonyl (C=O) groups is 2. The molecule has 0 aliphatic heterocycles. The van der Waals surface area contributed by atoms with Crippen molar-refractivity contribution < 1.29 is 9.59 Å². The van der Waals surface area contributed by atoms with Crippen LogP contribution in [0.15, 0.2) is 48.5 Å². The molecule has 132 valence electrons. The number of carbonyl (C=O) groups excluding carboxylic acids is 2. The third kappa shape index (κ3) is 5.18. The Morgan fingerprint density at radius 2 is 1.48 bits per heavy atom. The molecule has 0 saturated heterocycles. The Balaban J connectivity index is 1.97. The molecule has 1 atom stereocenters. The van der Waals surface area contributed by atoms with Gasteiger partial charge in [0, 0.05) is 11.3 Å². The van der Waals surface area contributed by atoms with Gasteiger partial charge in [-0.05, 0) is 49.1 Å². The minimum absolute atomic E-state index is 0.0379. The van der Waals surface area contributed by atoms with Gasteiger partial charge in [0.1, 0.15) is 6.04 Å². The van der Waals surface area contributed by atoms with E-state index in [1.807, 2.05) is 43.3 Å². The normalized spacial score (nSPS) is 12.4. The maximum atomic E-state index is 12.3. The van der Waals surface area contributed by atoms with E-state index in [0.717, 1.165) is 11.1 Å². The number of anilines is 1. The van der Waals surface area contributed by atoms with Crippen molar-refractivity contribution in [3.05, 3.63) is 65.2 Å². The van der Waals surface area contributed by atoms with Crippen molar-refractivity contribution in [2.75, 3.05) is 5.32 Å². The Bertz CT molecular complexity index is 741. The molecule has 2 amide bonds. The second kappa shape index (κ2) is 7.51. The van der Waals surface area contributed by atoms with Crippen molar-refractivity contribution in [3.63, 3.8) is 0 Å². The minimum Gasteiger partial charge on any atom is -0.341 e. The first-order valence-corrected chi connectivity index (χ1v) is 8.46. The number of amides is 2. The average Bonchev–Trinajstić information content (AvgIpc) is 2.56. The summed E-state index contributed by atoms with van der Waals surface area (Å²) in [7, 11) is 0. The van der Waals surface area contributed by atoms with E-state index in [-0.39, 0.29) is 17.2 Å². The number of hydrogen-bond donors (Lipinski definition) is 2. The Labute approximate surface area is 149 Å². The third-order valence-electron chi connectivity index (χ3n) is 4.07. The minimum atomic E-state index is -0.629. The second-order valence-corrected chi connectivity index (χ2v) is 7.38. The lowest BCUT2D eigenvalue weighted by molar-refractivity contribution is -0.117. The van der Waals surface area contributed by atoms with Crippen molar-refractivity contribution in [3.8, 4) is 0 Å². The van der Waals surface area contributed by atoms with Crippen molar-refractivity contribution in [2.24, 2.45) is 0 Å². The van der Waals surface area contributed by atoms with Gasteiger partial charge in [-0.1, -0.05) is 50.6 Å². The highest BCUT2D eigenvalue weighted by molar-refractivity contribution is 6.00. The van der Waals surface area contributed by atoms with Crippen molar-refractivity contribution in [2.45, 2.75) is 46.1 Å². The maximum absolute atomic E-state index is 12.3. The summed E-state index contributed by atoms with van der Waals surface area (Å²) in [5.74, 6) is -0.504. The van der Waals surface area contributed by atoms with Gasteiger partial charge in [0.05, 0.1) is 0 Å². The van der Waals surface area contributed by atoms with Crippen LogP contribution in [-0.4, -0.2) is 17.9 Å². The molecule has 0 saturated carbocycles. The van der Waals surface area contributed by atoms with Crippen LogP contribution >= 0.6 is 0 Å². The van der Waals surface area contributed by atoms with Gasteiger partial charge in [-0.25, -0.2) is 0 Å². The van der Waals surface area contributed by atoms with Gasteiger partial charge in [-0.15, -0.1) is 0 Å². The summed E-state index contributed by atoms with van der Waals surface area (Å²) in [6, 6.07) is 14.4. The maximum Gasteiger partial charge on any atom is 0.251 e. The van der Waals surface area contributed by atoms with Gasteiger partial charge in [0.25, 0.3) is 5.91 Å². The molecular formula is C21H26N2O2. The highest BCUT2D eigenvalue weighted by Crippen LogP contribution is 2.22. The average molecular weight is 338 g/mol. The second-order valence-electron chi connectivity index (χ2n) is 7.38. The monoisotopic (exact) mass is 338 g/mol. The highest BCUT2D eigenvalue weighted by atomic mass is 16.2. The van der Waals surface area contributed by atoms with E-state index >= 15 is 0 Å². The van der Waals surface area contributed by atoms with Crippen LogP contribution in [0.5, 0.6) is 0 Å². The molecule has 4 heteroatoms. The summed E-state index contributed by atoms with van der Waals surface area (Å²) in [6.45, 7) is 10.0. The summed E-state index contributed by atoms with van der Waals surface area (Å²) in [6.07, 6.45) is 0. The molecule has 0 heterocycles. The summed E-state index contributed by atoms with van der Waals surface area (Å²) in [4.78, 5) is 24.6. The van der Waals surface area contributed by atoms with Crippen molar-refractivity contribution in [1.82, 2.24) is 5.32 Å². The van der Waals surface area contributed by atoms with Gasteiger partial charge in [-0.2, -0.15) is 0 Å². The lowest BCUT2D eigenvalue weighted by atomic mass is 9.86. The van der Waals surface area contributed by atoms with Crippen LogP contribution in [0.2, 0.25) is 0 Å². The zero-order chi connectivity index (χ0) is 18.6. The summed E-state index contributed by atoms with van der Waals surface area (Å²) >= 11 is 0. The van der Waals surface area contributed by atoms with Crippen LogP contribution in [0.25, 0.3) is 0 Å². The number of aryl methyl sites for hydroxylation is 1. The molecule has 2 aromatic rings. The predicted molar refractivity (Wildman–Crippen MR) is 102 cm³/mol. The molecule has 0 spiro atoms. The van der Waals surface area contributed by atoms with Crippen molar-refractivity contribution >= 4 is 17.5 Å². The van der Waals surface area contributed by atoms with Crippen LogP contribution in [-0.2, 0) is 10.2 Å². The van der Waals surface area contributed by atoms with E-state index in [2.05, 4.69) is 31.4 Å². The Hall–Kier alpha value is -2.62. The first-order chi connectivity index (χ1) is 11.7. The molecule has 0 radical (unpaired) electrons. The molecule has 4 nitrogen and oxygen atoms in total. The first-order valence-electron chi connectivity index (χ1n) is 8.46. The smallest absolute Gasteiger partial charge is 0.251 e. The SMILES string of the molecule is Cc1ccc(NC(=O)C(C)NC(=O)c2ccc(C(C)(C)C)cc2)cc1. The number of rotatable bonds is 4. The zero-order valence-corrected chi connectivity index (χ0v) is 15.5. The lowest BCUT2D eigenvalue weighted by Gasteiger charge is -2.19. The topological polar surface area (TPSA) is 58.2 Å². The number of nitrogens with one attached hydrogen (secondary N) is 2. The molecule has 1 unspecified atom stereocenters. The predicted octanol–water partition coefficient (Wildman–Crippen LogP) is 4.05. The van der Waals surface area contributed by atoms with E-state index in [9.17, 15) is 9.59 Å². The van der Waals surface area contributed by atoms with Gasteiger partial charge in [0.2, 0.25) is 5.91 Å². The largest absolute Gasteiger partial charge is 0.341 e. The molecule has 2 aromatic carbocycles. The van der Waals surface area contributed by atoms with Gasteiger partial charge in [-0.3, -0.25) is 9.59 Å². The van der Waals surface area contributed by atoms with Gasteiger partial charge >= 0.3 is 0 Å². The van der Waals surface area contributed by atoms with Crippen LogP contribution in [0.3, 0.4) is 0 Å². The van der Waals surface area contributed by atoms with Crippen LogP contribution < -0.4 is 10.6 Å². The zero-order valence-electron chi connectivity index (χ0n) is 15.5. The van der Waals surface area contributed by atoms with Crippen molar-refractivity contribution in [1.29, 1.82) is 0 Å². The van der Waals surface area contributed by atoms with E-state index in [0.29, 0.717) is 11.3 Å². The molecule has 0 aliphatic carbocycles. The summed E-state index contributed by atoms with van der Waals surface area (Å²) in [5.41, 5.74) is 3.58. The first kappa shape index (κ1) is 18.7. The molecular weight excluding hydrogens is 312 g/mol. The Morgan fingerprint density at radius 1 is 0.920 bits per heavy atom. The van der Waals surface area contributed by atoms with E-state index in [4.69, 9.17) is 0 Å². The third-order valence-corrected chi connectivity index (χ3v) is 4.07. The Kier molecular flexibility index (Phi) is 5.62.